The van der Waals surface area contributed by atoms with E-state index in [2.05, 4.69) is 77.8 Å². The van der Waals surface area contributed by atoms with Gasteiger partial charge in [0.05, 0.1) is 0 Å². The second kappa shape index (κ2) is 72.3. The minimum Gasteiger partial charge on any atom is -0.501 e. The fourth-order valence-electron chi connectivity index (χ4n) is 0. The minimum absolute atomic E-state index is 0. The van der Waals surface area contributed by atoms with Crippen molar-refractivity contribution in [2.24, 2.45) is 4.99 Å². The van der Waals surface area contributed by atoms with E-state index in [0.717, 1.165) is 10.6 Å². The molecule has 0 unspecified atom stereocenters. The monoisotopic (exact) mass is 797 g/mol. The average Bonchev–Trinajstić information content (AvgIpc) is 2.61. The molecule has 0 fully saturated rings. The Morgan fingerprint density at radius 3 is 0.667 bits per heavy atom. The van der Waals surface area contributed by atoms with Gasteiger partial charge in [0.25, 0.3) is 0 Å². The summed E-state index contributed by atoms with van der Waals surface area (Å²) in [5, 5.41) is 0. The Bertz CT molecular complexity index is 473. The predicted octanol–water partition coefficient (Wildman–Crippen LogP) is 12.5. The second-order valence-electron chi connectivity index (χ2n) is 8.99. The summed E-state index contributed by atoms with van der Waals surface area (Å²) in [6.07, 6.45) is 5.89. The number of ketones is 1. The SMILES string of the molecule is C.C.C.CC(C)=C(C)C.CC(C)=O.CC(C)=S.CN=C(C)C.C[C-](C)C.C[C-]=C(C)C.C[C-]=C(C)C.[Y].[Y].[Y]. The van der Waals surface area contributed by atoms with Gasteiger partial charge in [-0.2, -0.15) is 34.6 Å². The van der Waals surface area contributed by atoms with Crippen LogP contribution in [0.25, 0.3) is 0 Å². The third kappa shape index (κ3) is 402. The van der Waals surface area contributed by atoms with E-state index in [9.17, 15) is 4.79 Å². The van der Waals surface area contributed by atoms with E-state index in [1.54, 1.807) is 7.05 Å². The van der Waals surface area contributed by atoms with E-state index >= 15 is 0 Å². The van der Waals surface area contributed by atoms with Gasteiger partial charge in [0.1, 0.15) is 5.78 Å². The Balaban J connectivity index is -0.0000000180. The summed E-state index contributed by atoms with van der Waals surface area (Å²) in [5.41, 5.74) is 6.49. The van der Waals surface area contributed by atoms with Crippen molar-refractivity contribution in [2.75, 3.05) is 7.05 Å². The van der Waals surface area contributed by atoms with Gasteiger partial charge in [-0.15, -0.1) is 0 Å². The van der Waals surface area contributed by atoms with Crippen LogP contribution in [0.3, 0.4) is 0 Å². The van der Waals surface area contributed by atoms with Crippen LogP contribution in [0.4, 0.5) is 0 Å². The van der Waals surface area contributed by atoms with Crippen LogP contribution in [0.15, 0.2) is 27.3 Å². The van der Waals surface area contributed by atoms with Crippen LogP contribution in [0.1, 0.15) is 154 Å². The van der Waals surface area contributed by atoms with Crippen LogP contribution in [0.2, 0.25) is 0 Å². The Morgan fingerprint density at radius 1 is 0.590 bits per heavy atom. The molecule has 0 aliphatic heterocycles. The first kappa shape index (κ1) is 83.7. The Labute approximate surface area is 333 Å². The molecule has 3 radical (unpaired) electrons. The molecule has 0 aromatic rings. The van der Waals surface area contributed by atoms with Crippen LogP contribution in [0.5, 0.6) is 0 Å². The van der Waals surface area contributed by atoms with E-state index in [0.29, 0.717) is 0 Å². The van der Waals surface area contributed by atoms with E-state index < -0.39 is 0 Å². The van der Waals surface area contributed by atoms with Crippen LogP contribution >= 0.6 is 12.2 Å². The molecule has 39 heavy (non-hydrogen) atoms. The largest absolute Gasteiger partial charge is 0.501 e. The van der Waals surface area contributed by atoms with Gasteiger partial charge in [-0.3, -0.25) is 16.1 Å². The first-order chi connectivity index (χ1) is 14.6. The predicted molar refractivity (Wildman–Crippen MR) is 183 cm³/mol. The van der Waals surface area contributed by atoms with E-state index in [-0.39, 0.29) is 126 Å². The molecule has 0 rings (SSSR count). The molecule has 0 saturated carbocycles. The van der Waals surface area contributed by atoms with E-state index in [1.807, 2.05) is 69.2 Å². The Kier molecular flexibility index (Phi) is 155. The number of carbonyl (C=O) groups excluding carboxylic acids is 1. The Hall–Kier alpha value is 1.96. The average molecular weight is 798 g/mol. The molecule has 2 nitrogen and oxygen atoms in total. The van der Waals surface area contributed by atoms with Crippen LogP contribution in [0, 0.1) is 18.1 Å². The summed E-state index contributed by atoms with van der Waals surface area (Å²) >= 11 is 4.54. The first-order valence-corrected chi connectivity index (χ1v) is 11.7. The number of carbonyl (C=O) groups is 1. The number of aliphatic imine (C=N–C) groups is 1. The smallest absolute Gasteiger partial charge is 0.126 e. The number of hydrogen-bond acceptors (Lipinski definition) is 3. The zero-order valence-electron chi connectivity index (χ0n) is 28.0. The Morgan fingerprint density at radius 2 is 0.667 bits per heavy atom. The number of thiocarbonyl (C=S) groups is 1. The zero-order chi connectivity index (χ0) is 28.7. The first-order valence-electron chi connectivity index (χ1n) is 11.3. The molecule has 0 aromatic heterocycles. The number of nitrogens with zero attached hydrogens (tertiary/aromatic N) is 1. The van der Waals surface area contributed by atoms with Crippen LogP contribution < -0.4 is 0 Å². The summed E-state index contributed by atoms with van der Waals surface area (Å²) in [6, 6.07) is 0. The van der Waals surface area contributed by atoms with Gasteiger partial charge in [-0.05, 0) is 74.1 Å². The fraction of sp³-hybridized carbons (Fsp3) is 0.697. The molecule has 0 saturated heterocycles. The molecule has 0 spiro atoms. The maximum absolute atomic E-state index is 9.44. The summed E-state index contributed by atoms with van der Waals surface area (Å²) in [6.45, 7) is 37.5. The van der Waals surface area contributed by atoms with Crippen molar-refractivity contribution in [3.63, 3.8) is 0 Å². The van der Waals surface area contributed by atoms with Crippen LogP contribution in [-0.4, -0.2) is 23.4 Å². The fourth-order valence-corrected chi connectivity index (χ4v) is 0. The second-order valence-corrected chi connectivity index (χ2v) is 9.80. The maximum atomic E-state index is 9.44. The quantitative estimate of drug-likeness (QED) is 0.106. The van der Waals surface area contributed by atoms with Crippen molar-refractivity contribution < 1.29 is 103 Å². The van der Waals surface area contributed by atoms with Gasteiger partial charge >= 0.3 is 0 Å². The summed E-state index contributed by atoms with van der Waals surface area (Å²) in [7, 11) is 1.79. The molecule has 0 heterocycles. The molecule has 0 amide bonds. The van der Waals surface area contributed by atoms with Gasteiger partial charge in [-0.1, -0.05) is 73.3 Å². The third-order valence-corrected chi connectivity index (χ3v) is 2.45. The molecule has 6 heteroatoms. The maximum Gasteiger partial charge on any atom is 0.126 e. The molecule has 0 aliphatic rings. The summed E-state index contributed by atoms with van der Waals surface area (Å²) < 4.78 is 0. The molecule has 0 N–H and O–H groups in total. The number of rotatable bonds is 0. The van der Waals surface area contributed by atoms with Gasteiger partial charge in [0.15, 0.2) is 0 Å². The molecule has 233 valence electrons. The van der Waals surface area contributed by atoms with E-state index in [4.69, 9.17) is 0 Å². The molecule has 0 aromatic carbocycles. The van der Waals surface area contributed by atoms with Crippen molar-refractivity contribution >= 4 is 28.6 Å². The molecule has 0 atom stereocenters. The number of allylic oxidation sites excluding steroid dienone is 6. The number of Topliss-reactive ketones (excluding diaryl/α,β-unsaturated/α-hetero) is 1. The third-order valence-electron chi connectivity index (χ3n) is 2.45. The summed E-state index contributed by atoms with van der Waals surface area (Å²) in [5.74, 6) is 1.58. The minimum atomic E-state index is 0. The number of hydrogen-bond donors (Lipinski definition) is 0. The topological polar surface area (TPSA) is 29.4 Å². The zero-order valence-corrected chi connectivity index (χ0v) is 37.3. The summed E-state index contributed by atoms with van der Waals surface area (Å²) in [4.78, 5) is 14.2. The van der Waals surface area contributed by atoms with Gasteiger partial charge in [0, 0.05) is 111 Å². The molecule has 0 bridgehead atoms. The van der Waals surface area contributed by atoms with Crippen LogP contribution in [-0.2, 0) is 103 Å². The van der Waals surface area contributed by atoms with Gasteiger partial charge in [0.2, 0.25) is 0 Å². The van der Waals surface area contributed by atoms with Crippen molar-refractivity contribution in [1.29, 1.82) is 0 Å². The molecular formula is C33H72NOSY3-3. The van der Waals surface area contributed by atoms with Crippen molar-refractivity contribution in [1.82, 2.24) is 0 Å². The standard InChI is InChI=1S/C6H12.2C5H9.C4H9N.C4H9.C3H6O.C3H6S.3CH4.3Y/c1-5(2)6(3)4;2*1-4-5(2)3;1-4(2)5-3;1-4(2)3;2*1-3(2)4;;;;;;/h1-4H3;3*1-3H3;1-3H3;2*1-2H3;3*1H4;;;/q;2*-1;;-1;;;;;;;;. The normalized spacial score (nSPS) is 6.18. The molecule has 0 aliphatic carbocycles. The van der Waals surface area contributed by atoms with Crippen molar-refractivity contribution in [3.8, 4) is 0 Å². The van der Waals surface area contributed by atoms with Crippen molar-refractivity contribution in [2.45, 2.75) is 154 Å². The van der Waals surface area contributed by atoms with E-state index in [1.165, 1.54) is 42.1 Å². The van der Waals surface area contributed by atoms with Gasteiger partial charge < -0.3 is 22.9 Å². The molecular weight excluding hydrogens is 725 g/mol. The van der Waals surface area contributed by atoms with Gasteiger partial charge in [-0.25, -0.2) is 0 Å². The van der Waals surface area contributed by atoms with Crippen molar-refractivity contribution in [3.05, 3.63) is 40.4 Å².